The molecule has 0 aromatic carbocycles. The summed E-state index contributed by atoms with van der Waals surface area (Å²) in [7, 11) is 0. The summed E-state index contributed by atoms with van der Waals surface area (Å²) in [5, 5.41) is 3.48. The Labute approximate surface area is 109 Å². The van der Waals surface area contributed by atoms with Crippen LogP contribution in [0.2, 0.25) is 0 Å². The van der Waals surface area contributed by atoms with E-state index in [4.69, 9.17) is 4.74 Å². The van der Waals surface area contributed by atoms with Crippen molar-refractivity contribution in [2.75, 3.05) is 19.7 Å². The first-order valence-electron chi connectivity index (χ1n) is 7.36. The Hall–Kier alpha value is -0.0800. The summed E-state index contributed by atoms with van der Waals surface area (Å²) in [4.78, 5) is 0. The molecular weight excluding hydrogens is 210 g/mol. The van der Waals surface area contributed by atoms with E-state index < -0.39 is 0 Å². The number of ether oxygens (including phenoxy) is 1. The van der Waals surface area contributed by atoms with Crippen LogP contribution in [0.3, 0.4) is 0 Å². The fourth-order valence-corrected chi connectivity index (χ4v) is 1.56. The van der Waals surface area contributed by atoms with Crippen LogP contribution in [0.1, 0.15) is 60.3 Å². The molecule has 0 radical (unpaired) electrons. The summed E-state index contributed by atoms with van der Waals surface area (Å²) >= 11 is 0. The first-order chi connectivity index (χ1) is 8.04. The summed E-state index contributed by atoms with van der Waals surface area (Å²) in [5.74, 6) is 1.40. The highest BCUT2D eigenvalue weighted by Gasteiger charge is 2.05. The molecule has 1 atom stereocenters. The van der Waals surface area contributed by atoms with Gasteiger partial charge in [0.25, 0.3) is 0 Å². The highest BCUT2D eigenvalue weighted by atomic mass is 16.5. The third kappa shape index (κ3) is 12.2. The first kappa shape index (κ1) is 16.9. The van der Waals surface area contributed by atoms with E-state index >= 15 is 0 Å². The standard InChI is InChI=1S/C15H33NO/c1-13(2)12-16-10-8-6-7-9-11-17-15(5)14(3)4/h13-16H,6-12H2,1-5H3. The molecule has 17 heavy (non-hydrogen) atoms. The van der Waals surface area contributed by atoms with Crippen LogP contribution in [-0.4, -0.2) is 25.8 Å². The Bertz CT molecular complexity index is 157. The largest absolute Gasteiger partial charge is 0.378 e. The van der Waals surface area contributed by atoms with Crippen LogP contribution in [0.25, 0.3) is 0 Å². The maximum absolute atomic E-state index is 5.75. The molecule has 2 heteroatoms. The summed E-state index contributed by atoms with van der Waals surface area (Å²) in [5.41, 5.74) is 0. The van der Waals surface area contributed by atoms with E-state index in [0.717, 1.165) is 19.1 Å². The Balaban J connectivity index is 3.09. The van der Waals surface area contributed by atoms with Crippen LogP contribution in [-0.2, 0) is 4.74 Å². The molecular formula is C15H33NO. The minimum Gasteiger partial charge on any atom is -0.378 e. The Morgan fingerprint density at radius 2 is 1.53 bits per heavy atom. The third-order valence-corrected chi connectivity index (χ3v) is 3.12. The average Bonchev–Trinajstić information content (AvgIpc) is 2.25. The highest BCUT2D eigenvalue weighted by molar-refractivity contribution is 4.55. The SMILES string of the molecule is CC(C)CNCCCCCCOC(C)C(C)C. The number of unbranched alkanes of at least 4 members (excludes halogenated alkanes) is 3. The molecule has 1 unspecified atom stereocenters. The quantitative estimate of drug-likeness (QED) is 0.556. The smallest absolute Gasteiger partial charge is 0.0569 e. The summed E-state index contributed by atoms with van der Waals surface area (Å²) < 4.78 is 5.75. The molecule has 104 valence electrons. The van der Waals surface area contributed by atoms with Gasteiger partial charge >= 0.3 is 0 Å². The van der Waals surface area contributed by atoms with Crippen LogP contribution in [0.15, 0.2) is 0 Å². The van der Waals surface area contributed by atoms with Crippen molar-refractivity contribution in [2.24, 2.45) is 11.8 Å². The number of nitrogens with one attached hydrogen (secondary N) is 1. The van der Waals surface area contributed by atoms with E-state index in [1.54, 1.807) is 0 Å². The minimum absolute atomic E-state index is 0.405. The van der Waals surface area contributed by atoms with Gasteiger partial charge in [-0.15, -0.1) is 0 Å². The van der Waals surface area contributed by atoms with Crippen molar-refractivity contribution in [1.82, 2.24) is 5.32 Å². The third-order valence-electron chi connectivity index (χ3n) is 3.12. The lowest BCUT2D eigenvalue weighted by Crippen LogP contribution is -2.20. The normalized spacial score (nSPS) is 13.6. The van der Waals surface area contributed by atoms with Gasteiger partial charge in [-0.1, -0.05) is 40.5 Å². The van der Waals surface area contributed by atoms with Gasteiger partial charge in [0.05, 0.1) is 6.10 Å². The molecule has 0 aromatic rings. The zero-order valence-electron chi connectivity index (χ0n) is 12.6. The summed E-state index contributed by atoms with van der Waals surface area (Å²) in [6, 6.07) is 0. The second-order valence-electron chi connectivity index (χ2n) is 5.83. The van der Waals surface area contributed by atoms with Gasteiger partial charge in [-0.3, -0.25) is 0 Å². The van der Waals surface area contributed by atoms with Crippen molar-refractivity contribution in [3.05, 3.63) is 0 Å². The molecule has 0 saturated carbocycles. The van der Waals surface area contributed by atoms with E-state index in [-0.39, 0.29) is 0 Å². The Morgan fingerprint density at radius 1 is 0.882 bits per heavy atom. The predicted molar refractivity (Wildman–Crippen MR) is 76.4 cm³/mol. The fraction of sp³-hybridized carbons (Fsp3) is 1.00. The maximum Gasteiger partial charge on any atom is 0.0569 e. The molecule has 0 aliphatic rings. The minimum atomic E-state index is 0.405. The second kappa shape index (κ2) is 11.0. The lowest BCUT2D eigenvalue weighted by molar-refractivity contribution is 0.0332. The van der Waals surface area contributed by atoms with Crippen molar-refractivity contribution in [3.8, 4) is 0 Å². The molecule has 0 amide bonds. The second-order valence-corrected chi connectivity index (χ2v) is 5.83. The van der Waals surface area contributed by atoms with Gasteiger partial charge in [0.2, 0.25) is 0 Å². The zero-order chi connectivity index (χ0) is 13.1. The summed E-state index contributed by atoms with van der Waals surface area (Å²) in [6.07, 6.45) is 5.54. The molecule has 0 aliphatic carbocycles. The lowest BCUT2D eigenvalue weighted by Gasteiger charge is -2.16. The van der Waals surface area contributed by atoms with Crippen LogP contribution in [0, 0.1) is 11.8 Å². The van der Waals surface area contributed by atoms with Crippen molar-refractivity contribution in [1.29, 1.82) is 0 Å². The average molecular weight is 243 g/mol. The topological polar surface area (TPSA) is 21.3 Å². The number of hydrogen-bond donors (Lipinski definition) is 1. The van der Waals surface area contributed by atoms with Gasteiger partial charge in [0.1, 0.15) is 0 Å². The molecule has 0 saturated heterocycles. The molecule has 0 aromatic heterocycles. The zero-order valence-corrected chi connectivity index (χ0v) is 12.6. The monoisotopic (exact) mass is 243 g/mol. The molecule has 0 spiro atoms. The molecule has 0 rings (SSSR count). The molecule has 0 heterocycles. The number of rotatable bonds is 11. The predicted octanol–water partition coefficient (Wildman–Crippen LogP) is 3.85. The van der Waals surface area contributed by atoms with E-state index in [2.05, 4.69) is 39.9 Å². The number of hydrogen-bond acceptors (Lipinski definition) is 2. The van der Waals surface area contributed by atoms with Gasteiger partial charge in [-0.25, -0.2) is 0 Å². The van der Waals surface area contributed by atoms with E-state index in [9.17, 15) is 0 Å². The molecule has 1 N–H and O–H groups in total. The van der Waals surface area contributed by atoms with Crippen LogP contribution in [0.5, 0.6) is 0 Å². The van der Waals surface area contributed by atoms with Crippen molar-refractivity contribution in [2.45, 2.75) is 66.4 Å². The molecule has 0 aliphatic heterocycles. The van der Waals surface area contributed by atoms with Crippen molar-refractivity contribution < 1.29 is 4.74 Å². The van der Waals surface area contributed by atoms with Gasteiger partial charge in [-0.2, -0.15) is 0 Å². The Kier molecular flexibility index (Phi) is 11.0. The van der Waals surface area contributed by atoms with Gasteiger partial charge < -0.3 is 10.1 Å². The van der Waals surface area contributed by atoms with E-state index in [1.807, 2.05) is 0 Å². The van der Waals surface area contributed by atoms with Gasteiger partial charge in [0, 0.05) is 6.61 Å². The first-order valence-corrected chi connectivity index (χ1v) is 7.36. The van der Waals surface area contributed by atoms with E-state index in [0.29, 0.717) is 12.0 Å². The van der Waals surface area contributed by atoms with Gasteiger partial charge in [0.15, 0.2) is 0 Å². The van der Waals surface area contributed by atoms with Crippen LogP contribution < -0.4 is 5.32 Å². The van der Waals surface area contributed by atoms with Crippen molar-refractivity contribution in [3.63, 3.8) is 0 Å². The van der Waals surface area contributed by atoms with Gasteiger partial charge in [-0.05, 0) is 44.7 Å². The van der Waals surface area contributed by atoms with Crippen LogP contribution >= 0.6 is 0 Å². The Morgan fingerprint density at radius 3 is 2.12 bits per heavy atom. The lowest BCUT2D eigenvalue weighted by atomic mass is 10.1. The molecule has 2 nitrogen and oxygen atoms in total. The van der Waals surface area contributed by atoms with E-state index in [1.165, 1.54) is 32.2 Å². The maximum atomic E-state index is 5.75. The highest BCUT2D eigenvalue weighted by Crippen LogP contribution is 2.07. The summed E-state index contributed by atoms with van der Waals surface area (Å²) in [6.45, 7) is 14.3. The van der Waals surface area contributed by atoms with Crippen LogP contribution in [0.4, 0.5) is 0 Å². The fourth-order valence-electron chi connectivity index (χ4n) is 1.56. The molecule has 0 bridgehead atoms. The van der Waals surface area contributed by atoms with Crippen molar-refractivity contribution >= 4 is 0 Å². The molecule has 0 fully saturated rings.